The molecule has 0 aliphatic carbocycles. The summed E-state index contributed by atoms with van der Waals surface area (Å²) in [5.41, 5.74) is 5.80. The van der Waals surface area contributed by atoms with Crippen LogP contribution in [0.1, 0.15) is 22.8 Å². The highest BCUT2D eigenvalue weighted by atomic mass is 16.2. The molecular weight excluding hydrogens is 270 g/mol. The van der Waals surface area contributed by atoms with E-state index in [4.69, 9.17) is 0 Å². The van der Waals surface area contributed by atoms with Gasteiger partial charge in [-0.25, -0.2) is 0 Å². The van der Waals surface area contributed by atoms with E-state index in [2.05, 4.69) is 50.8 Å². The molecule has 0 aliphatic heterocycles. The maximum Gasteiger partial charge on any atom is 0.257 e. The third kappa shape index (κ3) is 2.17. The Morgan fingerprint density at radius 1 is 1.00 bits per heavy atom. The lowest BCUT2D eigenvalue weighted by molar-refractivity contribution is 0.0962. The summed E-state index contributed by atoms with van der Waals surface area (Å²) in [7, 11) is 0. The molecule has 0 spiro atoms. The van der Waals surface area contributed by atoms with Crippen molar-refractivity contribution in [3.63, 3.8) is 0 Å². The van der Waals surface area contributed by atoms with E-state index in [0.717, 1.165) is 27.7 Å². The second-order valence-corrected chi connectivity index (χ2v) is 5.78. The molecule has 0 saturated heterocycles. The molecule has 3 aromatic rings. The van der Waals surface area contributed by atoms with Crippen molar-refractivity contribution in [1.29, 1.82) is 0 Å². The molecule has 110 valence electrons. The van der Waals surface area contributed by atoms with Gasteiger partial charge in [0.05, 0.1) is 11.2 Å². The first kappa shape index (κ1) is 14.3. The molecule has 2 aromatic carbocycles. The molecule has 3 rings (SSSR count). The fourth-order valence-corrected chi connectivity index (χ4v) is 2.86. The first-order valence-corrected chi connectivity index (χ1v) is 7.38. The molecule has 2 heteroatoms. The molecule has 0 fully saturated rings. The average Bonchev–Trinajstić information content (AvgIpc) is 2.81. The van der Waals surface area contributed by atoms with Crippen molar-refractivity contribution < 1.29 is 4.79 Å². The summed E-state index contributed by atoms with van der Waals surface area (Å²) in [4.78, 5) is 12.7. The molecule has 0 aliphatic rings. The lowest BCUT2D eigenvalue weighted by atomic mass is 10.1. The maximum atomic E-state index is 12.7. The quantitative estimate of drug-likeness (QED) is 0.599. The molecule has 0 bridgehead atoms. The van der Waals surface area contributed by atoms with Gasteiger partial charge in [0.15, 0.2) is 0 Å². The third-order valence-electron chi connectivity index (χ3n) is 4.02. The number of aromatic nitrogens is 1. The van der Waals surface area contributed by atoms with Crippen molar-refractivity contribution in [1.82, 2.24) is 4.57 Å². The van der Waals surface area contributed by atoms with Gasteiger partial charge in [0, 0.05) is 11.0 Å². The molecule has 1 heterocycles. The molecule has 1 aromatic heterocycles. The number of nitrogens with zero attached hydrogens (tertiary/aromatic N) is 1. The normalized spacial score (nSPS) is 10.9. The molecular formula is C20H19NO. The molecule has 22 heavy (non-hydrogen) atoms. The van der Waals surface area contributed by atoms with E-state index in [-0.39, 0.29) is 5.91 Å². The van der Waals surface area contributed by atoms with E-state index in [1.54, 1.807) is 11.5 Å². The van der Waals surface area contributed by atoms with Crippen LogP contribution in [0.3, 0.4) is 0 Å². The predicted molar refractivity (Wildman–Crippen MR) is 92.3 cm³/mol. The van der Waals surface area contributed by atoms with Crippen molar-refractivity contribution in [2.45, 2.75) is 20.8 Å². The molecule has 0 saturated carbocycles. The minimum absolute atomic E-state index is 0.0557. The fourth-order valence-electron chi connectivity index (χ4n) is 2.86. The van der Waals surface area contributed by atoms with E-state index in [0.29, 0.717) is 5.57 Å². The average molecular weight is 289 g/mol. The van der Waals surface area contributed by atoms with Crippen LogP contribution in [0.5, 0.6) is 0 Å². The minimum atomic E-state index is -0.0557. The summed E-state index contributed by atoms with van der Waals surface area (Å²) >= 11 is 0. The number of para-hydroxylation sites is 1. The summed E-state index contributed by atoms with van der Waals surface area (Å²) in [6.45, 7) is 9.71. The van der Waals surface area contributed by atoms with E-state index in [9.17, 15) is 4.79 Å². The maximum absolute atomic E-state index is 12.7. The molecule has 0 unspecified atom stereocenters. The minimum Gasteiger partial charge on any atom is -0.276 e. The van der Waals surface area contributed by atoms with Gasteiger partial charge in [0.2, 0.25) is 0 Å². The highest BCUT2D eigenvalue weighted by Crippen LogP contribution is 2.33. The smallest absolute Gasteiger partial charge is 0.257 e. The Morgan fingerprint density at radius 2 is 1.64 bits per heavy atom. The van der Waals surface area contributed by atoms with E-state index < -0.39 is 0 Å². The van der Waals surface area contributed by atoms with Crippen molar-refractivity contribution in [3.05, 3.63) is 71.8 Å². The number of fused-ring (bicyclic) bond motifs is 1. The zero-order valence-electron chi connectivity index (χ0n) is 13.2. The highest BCUT2D eigenvalue weighted by Gasteiger charge is 2.20. The predicted octanol–water partition coefficient (Wildman–Crippen LogP) is 5.14. The van der Waals surface area contributed by atoms with Gasteiger partial charge in [-0.05, 0) is 38.0 Å². The van der Waals surface area contributed by atoms with Gasteiger partial charge in [0.25, 0.3) is 5.91 Å². The monoisotopic (exact) mass is 289 g/mol. The zero-order chi connectivity index (χ0) is 15.9. The van der Waals surface area contributed by atoms with Crippen LogP contribution >= 0.6 is 0 Å². The number of carbonyl (C=O) groups is 1. The second kappa shape index (κ2) is 5.30. The van der Waals surface area contributed by atoms with Crippen molar-refractivity contribution in [2.75, 3.05) is 0 Å². The molecule has 0 amide bonds. The first-order valence-electron chi connectivity index (χ1n) is 7.38. The van der Waals surface area contributed by atoms with Crippen LogP contribution in [0.15, 0.2) is 60.7 Å². The first-order chi connectivity index (χ1) is 10.5. The fraction of sp³-hybridized carbons (Fsp3) is 0.150. The standard InChI is InChI=1S/C20H19NO/c1-13(2)20(22)21-18-8-6-5-7-17(18)15(4)19(21)16-11-9-14(3)10-12-16/h5-12H,1H2,2-4H3. The van der Waals surface area contributed by atoms with Crippen LogP contribution in [0, 0.1) is 13.8 Å². The SMILES string of the molecule is C=C(C)C(=O)n1c(-c2ccc(C)cc2)c(C)c2ccccc21. The Labute approximate surface area is 130 Å². The zero-order valence-corrected chi connectivity index (χ0v) is 13.2. The Kier molecular flexibility index (Phi) is 3.45. The number of hydrogen-bond acceptors (Lipinski definition) is 1. The summed E-state index contributed by atoms with van der Waals surface area (Å²) in [5, 5.41) is 1.10. The van der Waals surface area contributed by atoms with Crippen LogP contribution in [0.2, 0.25) is 0 Å². The van der Waals surface area contributed by atoms with Gasteiger partial charge in [0.1, 0.15) is 0 Å². The highest BCUT2D eigenvalue weighted by molar-refractivity contribution is 6.06. The van der Waals surface area contributed by atoms with Crippen molar-refractivity contribution >= 4 is 16.8 Å². The molecule has 0 atom stereocenters. The number of allylic oxidation sites excluding steroid dienone is 1. The van der Waals surface area contributed by atoms with Crippen LogP contribution in [0.25, 0.3) is 22.2 Å². The van der Waals surface area contributed by atoms with Gasteiger partial charge >= 0.3 is 0 Å². The number of aryl methyl sites for hydroxylation is 2. The van der Waals surface area contributed by atoms with Gasteiger partial charge in [-0.3, -0.25) is 9.36 Å². The largest absolute Gasteiger partial charge is 0.276 e. The molecule has 0 radical (unpaired) electrons. The molecule has 0 N–H and O–H groups in total. The third-order valence-corrected chi connectivity index (χ3v) is 4.02. The topological polar surface area (TPSA) is 22.0 Å². The van der Waals surface area contributed by atoms with Crippen LogP contribution in [-0.4, -0.2) is 10.5 Å². The van der Waals surface area contributed by atoms with Crippen LogP contribution in [-0.2, 0) is 0 Å². The van der Waals surface area contributed by atoms with Crippen molar-refractivity contribution in [2.24, 2.45) is 0 Å². The Bertz CT molecular complexity index is 882. The summed E-state index contributed by atoms with van der Waals surface area (Å²) in [6.07, 6.45) is 0. The number of carbonyl (C=O) groups excluding carboxylic acids is 1. The lowest BCUT2D eigenvalue weighted by Crippen LogP contribution is -2.12. The summed E-state index contributed by atoms with van der Waals surface area (Å²) in [5.74, 6) is -0.0557. The van der Waals surface area contributed by atoms with Crippen LogP contribution in [0.4, 0.5) is 0 Å². The summed E-state index contributed by atoms with van der Waals surface area (Å²) < 4.78 is 1.79. The Balaban J connectivity index is 2.39. The van der Waals surface area contributed by atoms with Gasteiger partial charge in [-0.2, -0.15) is 0 Å². The number of benzene rings is 2. The van der Waals surface area contributed by atoms with E-state index in [1.165, 1.54) is 5.56 Å². The van der Waals surface area contributed by atoms with Crippen LogP contribution < -0.4 is 0 Å². The number of rotatable bonds is 2. The lowest BCUT2D eigenvalue weighted by Gasteiger charge is -2.10. The Hall–Kier alpha value is -2.61. The second-order valence-electron chi connectivity index (χ2n) is 5.78. The van der Waals surface area contributed by atoms with E-state index >= 15 is 0 Å². The van der Waals surface area contributed by atoms with E-state index in [1.807, 2.05) is 18.2 Å². The van der Waals surface area contributed by atoms with Gasteiger partial charge < -0.3 is 0 Å². The van der Waals surface area contributed by atoms with Gasteiger partial charge in [-0.15, -0.1) is 0 Å². The van der Waals surface area contributed by atoms with Crippen molar-refractivity contribution in [3.8, 4) is 11.3 Å². The summed E-state index contributed by atoms with van der Waals surface area (Å²) in [6, 6.07) is 16.3. The number of hydrogen-bond donors (Lipinski definition) is 0. The van der Waals surface area contributed by atoms with Gasteiger partial charge in [-0.1, -0.05) is 54.6 Å². The Morgan fingerprint density at radius 3 is 2.27 bits per heavy atom. The molecule has 2 nitrogen and oxygen atoms in total.